The number of morpholine rings is 1. The van der Waals surface area contributed by atoms with Crippen LogP contribution >= 0.6 is 11.8 Å². The second-order valence-electron chi connectivity index (χ2n) is 7.43. The van der Waals surface area contributed by atoms with Crippen LogP contribution in [0.5, 0.6) is 0 Å². The van der Waals surface area contributed by atoms with E-state index in [-0.39, 0.29) is 11.6 Å². The number of ether oxygens (including phenoxy) is 1. The van der Waals surface area contributed by atoms with E-state index in [1.807, 2.05) is 41.4 Å². The number of aromatic nitrogens is 2. The van der Waals surface area contributed by atoms with Crippen LogP contribution in [0.1, 0.15) is 5.56 Å². The number of benzene rings is 2. The zero-order valence-corrected chi connectivity index (χ0v) is 18.3. The van der Waals surface area contributed by atoms with Gasteiger partial charge in [0.2, 0.25) is 0 Å². The van der Waals surface area contributed by atoms with E-state index in [1.54, 1.807) is 22.9 Å². The summed E-state index contributed by atoms with van der Waals surface area (Å²) in [7, 11) is 0. The fraction of sp³-hybridized carbons (Fsp3) is 0.174. The summed E-state index contributed by atoms with van der Waals surface area (Å²) in [4.78, 5) is 30.3. The average Bonchev–Trinajstić information content (AvgIpc) is 3.44. The highest BCUT2D eigenvalue weighted by Crippen LogP contribution is 2.34. The van der Waals surface area contributed by atoms with Crippen molar-refractivity contribution in [2.24, 2.45) is 4.99 Å². The molecule has 0 radical (unpaired) electrons. The van der Waals surface area contributed by atoms with Crippen LogP contribution in [-0.4, -0.2) is 57.0 Å². The number of nitro benzene ring substituents is 1. The van der Waals surface area contributed by atoms with Crippen molar-refractivity contribution in [2.75, 3.05) is 26.3 Å². The molecule has 2 aliphatic heterocycles. The van der Waals surface area contributed by atoms with Gasteiger partial charge in [0, 0.05) is 42.5 Å². The van der Waals surface area contributed by atoms with Gasteiger partial charge in [-0.1, -0.05) is 30.3 Å². The molecule has 2 aliphatic rings. The second kappa shape index (κ2) is 9.00. The topological polar surface area (TPSA) is 103 Å². The molecule has 0 aliphatic carbocycles. The molecule has 0 saturated carbocycles. The summed E-state index contributed by atoms with van der Waals surface area (Å²) in [5.74, 6) is -0.307. The average molecular weight is 462 g/mol. The predicted octanol–water partition coefficient (Wildman–Crippen LogP) is 3.75. The van der Waals surface area contributed by atoms with Crippen molar-refractivity contribution in [2.45, 2.75) is 0 Å². The van der Waals surface area contributed by atoms with Gasteiger partial charge in [0.1, 0.15) is 5.69 Å². The van der Waals surface area contributed by atoms with Gasteiger partial charge in [-0.2, -0.15) is 10.1 Å². The number of non-ortho nitro benzene ring substituents is 1. The lowest BCUT2D eigenvalue weighted by Crippen LogP contribution is -2.38. The maximum Gasteiger partial charge on any atom is 0.286 e. The maximum atomic E-state index is 12.6. The number of nitro groups is 1. The van der Waals surface area contributed by atoms with Gasteiger partial charge in [-0.15, -0.1) is 0 Å². The predicted molar refractivity (Wildman–Crippen MR) is 126 cm³/mol. The first-order valence-electron chi connectivity index (χ1n) is 10.3. The number of hydrogen-bond acceptors (Lipinski definition) is 7. The number of carbonyl (C=O) groups excluding carboxylic acids is 1. The van der Waals surface area contributed by atoms with Gasteiger partial charge in [0.15, 0.2) is 5.17 Å². The lowest BCUT2D eigenvalue weighted by Gasteiger charge is -2.27. The molecule has 1 fully saturated rings. The van der Waals surface area contributed by atoms with E-state index < -0.39 is 4.92 Å². The minimum atomic E-state index is -0.436. The normalized spacial score (nSPS) is 17.5. The molecule has 1 aromatic heterocycles. The molecule has 33 heavy (non-hydrogen) atoms. The molecule has 0 N–H and O–H groups in total. The Balaban J connectivity index is 1.54. The van der Waals surface area contributed by atoms with Crippen molar-refractivity contribution >= 4 is 34.6 Å². The number of rotatable bonds is 4. The molecule has 2 aromatic carbocycles. The third-order valence-corrected chi connectivity index (χ3v) is 6.32. The third-order valence-electron chi connectivity index (χ3n) is 5.27. The SMILES string of the molecule is O=C1N=C(N2CCOCC2)S/C1=C\c1cn(-c2ccccc2)nc1-c1cccc([N+](=O)[O-])c1. The quantitative estimate of drug-likeness (QED) is 0.331. The summed E-state index contributed by atoms with van der Waals surface area (Å²) in [6.07, 6.45) is 3.57. The number of para-hydroxylation sites is 1. The fourth-order valence-corrected chi connectivity index (χ4v) is 4.58. The molecule has 0 bridgehead atoms. The molecule has 3 aromatic rings. The monoisotopic (exact) mass is 461 g/mol. The minimum absolute atomic E-state index is 0.0235. The molecular formula is C23H19N5O4S. The Morgan fingerprint density at radius 3 is 2.64 bits per heavy atom. The largest absolute Gasteiger partial charge is 0.378 e. The molecule has 0 unspecified atom stereocenters. The van der Waals surface area contributed by atoms with Crippen molar-refractivity contribution in [3.63, 3.8) is 0 Å². The van der Waals surface area contributed by atoms with E-state index in [0.29, 0.717) is 53.2 Å². The number of amidine groups is 1. The highest BCUT2D eigenvalue weighted by Gasteiger charge is 2.28. The number of aliphatic imine (C=N–C) groups is 1. The number of hydrogen-bond donors (Lipinski definition) is 0. The van der Waals surface area contributed by atoms with Crippen molar-refractivity contribution in [1.29, 1.82) is 0 Å². The van der Waals surface area contributed by atoms with Crippen molar-refractivity contribution in [3.05, 3.63) is 81.4 Å². The Morgan fingerprint density at radius 2 is 1.88 bits per heavy atom. The van der Waals surface area contributed by atoms with Crippen LogP contribution in [0.3, 0.4) is 0 Å². The summed E-state index contributed by atoms with van der Waals surface area (Å²) in [5, 5.41) is 16.7. The van der Waals surface area contributed by atoms with Crippen molar-refractivity contribution in [3.8, 4) is 16.9 Å². The first-order chi connectivity index (χ1) is 16.1. The zero-order valence-electron chi connectivity index (χ0n) is 17.5. The second-order valence-corrected chi connectivity index (χ2v) is 8.44. The van der Waals surface area contributed by atoms with E-state index in [1.165, 1.54) is 23.9 Å². The summed E-state index contributed by atoms with van der Waals surface area (Å²) in [5.41, 5.74) is 2.63. The van der Waals surface area contributed by atoms with Gasteiger partial charge in [-0.05, 0) is 30.0 Å². The first kappa shape index (κ1) is 21.1. The van der Waals surface area contributed by atoms with Crippen LogP contribution in [-0.2, 0) is 9.53 Å². The Morgan fingerprint density at radius 1 is 1.09 bits per heavy atom. The van der Waals surface area contributed by atoms with Crippen LogP contribution in [0.2, 0.25) is 0 Å². The van der Waals surface area contributed by atoms with Crippen LogP contribution in [0.25, 0.3) is 23.0 Å². The molecule has 1 saturated heterocycles. The van der Waals surface area contributed by atoms with Gasteiger partial charge < -0.3 is 9.64 Å². The number of nitrogens with zero attached hydrogens (tertiary/aromatic N) is 5. The molecule has 3 heterocycles. The molecule has 0 atom stereocenters. The van der Waals surface area contributed by atoms with Crippen molar-refractivity contribution < 1.29 is 14.5 Å². The van der Waals surface area contributed by atoms with Gasteiger partial charge >= 0.3 is 0 Å². The van der Waals surface area contributed by atoms with Crippen LogP contribution in [0.15, 0.2) is 70.7 Å². The molecule has 9 nitrogen and oxygen atoms in total. The number of carbonyl (C=O) groups is 1. The van der Waals surface area contributed by atoms with Gasteiger partial charge in [0.25, 0.3) is 11.6 Å². The maximum absolute atomic E-state index is 12.6. The highest BCUT2D eigenvalue weighted by molar-refractivity contribution is 8.18. The number of thioether (sulfide) groups is 1. The fourth-order valence-electron chi connectivity index (χ4n) is 3.63. The van der Waals surface area contributed by atoms with Gasteiger partial charge in [0.05, 0.1) is 28.7 Å². The van der Waals surface area contributed by atoms with Crippen LogP contribution in [0.4, 0.5) is 5.69 Å². The Bertz CT molecular complexity index is 1280. The van der Waals surface area contributed by atoms with Crippen LogP contribution in [0, 0.1) is 10.1 Å². The van der Waals surface area contributed by atoms with E-state index >= 15 is 0 Å². The van der Waals surface area contributed by atoms with E-state index in [2.05, 4.69) is 4.99 Å². The smallest absolute Gasteiger partial charge is 0.286 e. The first-order valence-corrected chi connectivity index (χ1v) is 11.2. The summed E-state index contributed by atoms with van der Waals surface area (Å²) < 4.78 is 7.08. The Hall–Kier alpha value is -3.76. The van der Waals surface area contributed by atoms with Crippen molar-refractivity contribution in [1.82, 2.24) is 14.7 Å². The molecule has 5 rings (SSSR count). The number of amides is 1. The Labute approximate surface area is 193 Å². The minimum Gasteiger partial charge on any atom is -0.378 e. The highest BCUT2D eigenvalue weighted by atomic mass is 32.2. The standard InChI is InChI=1S/C23H19N5O4S/c29-22-20(33-23(24-22)26-9-11-32-12-10-26)14-17-15-27(18-6-2-1-3-7-18)25-21(17)16-5-4-8-19(13-16)28(30)31/h1-8,13-15H,9-12H2/b20-14-. The lowest BCUT2D eigenvalue weighted by atomic mass is 10.1. The molecule has 0 spiro atoms. The van der Waals surface area contributed by atoms with E-state index in [9.17, 15) is 14.9 Å². The molecular weight excluding hydrogens is 442 g/mol. The lowest BCUT2D eigenvalue weighted by molar-refractivity contribution is -0.384. The van der Waals surface area contributed by atoms with Gasteiger partial charge in [-0.25, -0.2) is 4.68 Å². The molecule has 1 amide bonds. The van der Waals surface area contributed by atoms with Gasteiger partial charge in [-0.3, -0.25) is 14.9 Å². The summed E-state index contributed by atoms with van der Waals surface area (Å²) in [6.45, 7) is 2.59. The van der Waals surface area contributed by atoms with E-state index in [0.717, 1.165) is 5.69 Å². The molecule has 166 valence electrons. The summed E-state index contributed by atoms with van der Waals surface area (Å²) >= 11 is 1.32. The van der Waals surface area contributed by atoms with E-state index in [4.69, 9.17) is 9.84 Å². The Kier molecular flexibility index (Phi) is 5.76. The molecule has 10 heteroatoms. The summed E-state index contributed by atoms with van der Waals surface area (Å²) in [6, 6.07) is 15.9. The third kappa shape index (κ3) is 4.43. The van der Waals surface area contributed by atoms with Crippen LogP contribution < -0.4 is 0 Å². The zero-order chi connectivity index (χ0) is 22.8.